The van der Waals surface area contributed by atoms with E-state index >= 15 is 0 Å². The highest BCUT2D eigenvalue weighted by molar-refractivity contribution is 7.91. The Hall–Kier alpha value is -1.60. The molecule has 0 bridgehead atoms. The Morgan fingerprint density at radius 2 is 1.95 bits per heavy atom. The maximum atomic E-state index is 12.2. The Kier molecular flexibility index (Phi) is 8.54. The van der Waals surface area contributed by atoms with Crippen molar-refractivity contribution < 1.29 is 13.2 Å². The van der Waals surface area contributed by atoms with Crippen LogP contribution in [0.2, 0.25) is 0 Å². The largest absolute Gasteiger partial charge is 0.385 e. The van der Waals surface area contributed by atoms with Gasteiger partial charge in [-0.3, -0.25) is 4.99 Å². The Labute approximate surface area is 132 Å². The molecule has 1 rings (SSSR count). The molecule has 22 heavy (non-hydrogen) atoms. The summed E-state index contributed by atoms with van der Waals surface area (Å²) in [5, 5.41) is 6.13. The van der Waals surface area contributed by atoms with E-state index in [0.29, 0.717) is 30.6 Å². The molecule has 0 spiro atoms. The lowest BCUT2D eigenvalue weighted by Crippen LogP contribution is -2.39. The molecule has 0 aromatic heterocycles. The third kappa shape index (κ3) is 6.91. The molecule has 2 N–H and O–H groups in total. The maximum Gasteiger partial charge on any atom is 0.191 e. The Morgan fingerprint density at radius 3 is 2.59 bits per heavy atom. The number of guanidine groups is 1. The number of hydrogen-bond acceptors (Lipinski definition) is 4. The van der Waals surface area contributed by atoms with Crippen molar-refractivity contribution in [3.05, 3.63) is 30.3 Å². The van der Waals surface area contributed by atoms with Crippen LogP contribution in [0.25, 0.3) is 0 Å². The molecule has 6 nitrogen and oxygen atoms in total. The van der Waals surface area contributed by atoms with Gasteiger partial charge in [-0.15, -0.1) is 0 Å². The zero-order chi connectivity index (χ0) is 16.3. The van der Waals surface area contributed by atoms with Crippen molar-refractivity contribution >= 4 is 15.8 Å². The molecule has 0 heterocycles. The van der Waals surface area contributed by atoms with Crippen molar-refractivity contribution in [3.8, 4) is 0 Å². The van der Waals surface area contributed by atoms with Crippen LogP contribution in [0, 0.1) is 0 Å². The van der Waals surface area contributed by atoms with E-state index in [9.17, 15) is 8.42 Å². The predicted molar refractivity (Wildman–Crippen MR) is 89.0 cm³/mol. The summed E-state index contributed by atoms with van der Waals surface area (Å²) in [5.74, 6) is 0.654. The van der Waals surface area contributed by atoms with Crippen molar-refractivity contribution in [1.82, 2.24) is 10.6 Å². The summed E-state index contributed by atoms with van der Waals surface area (Å²) in [6.07, 6.45) is 0.829. The SMILES string of the molecule is CCNC(=NCCCOC)NCCS(=O)(=O)c1ccccc1. The average molecular weight is 327 g/mol. The summed E-state index contributed by atoms with van der Waals surface area (Å²) in [7, 11) is -1.61. The van der Waals surface area contributed by atoms with Gasteiger partial charge in [-0.25, -0.2) is 8.42 Å². The van der Waals surface area contributed by atoms with Gasteiger partial charge in [0.1, 0.15) is 0 Å². The number of nitrogens with one attached hydrogen (secondary N) is 2. The second-order valence-corrected chi connectivity index (χ2v) is 6.77. The van der Waals surface area contributed by atoms with Crippen LogP contribution >= 0.6 is 0 Å². The maximum absolute atomic E-state index is 12.2. The Morgan fingerprint density at radius 1 is 1.23 bits per heavy atom. The molecule has 0 fully saturated rings. The van der Waals surface area contributed by atoms with Crippen molar-refractivity contribution in [3.63, 3.8) is 0 Å². The van der Waals surface area contributed by atoms with Gasteiger partial charge in [0.15, 0.2) is 15.8 Å². The van der Waals surface area contributed by atoms with E-state index in [1.54, 1.807) is 37.4 Å². The molecular weight excluding hydrogens is 302 g/mol. The summed E-state index contributed by atoms with van der Waals surface area (Å²) in [5.41, 5.74) is 0. The quantitative estimate of drug-likeness (QED) is 0.403. The summed E-state index contributed by atoms with van der Waals surface area (Å²) < 4.78 is 29.3. The zero-order valence-corrected chi connectivity index (χ0v) is 14.0. The number of ether oxygens (including phenoxy) is 1. The molecule has 0 atom stereocenters. The van der Waals surface area contributed by atoms with Gasteiger partial charge < -0.3 is 15.4 Å². The fraction of sp³-hybridized carbons (Fsp3) is 0.533. The first kappa shape index (κ1) is 18.4. The van der Waals surface area contributed by atoms with Gasteiger partial charge in [0.2, 0.25) is 0 Å². The van der Waals surface area contributed by atoms with E-state index in [0.717, 1.165) is 13.0 Å². The second-order valence-electron chi connectivity index (χ2n) is 4.67. The highest BCUT2D eigenvalue weighted by atomic mass is 32.2. The topological polar surface area (TPSA) is 79.8 Å². The number of rotatable bonds is 9. The van der Waals surface area contributed by atoms with E-state index < -0.39 is 9.84 Å². The van der Waals surface area contributed by atoms with Gasteiger partial charge in [-0.05, 0) is 25.5 Å². The fourth-order valence-electron chi connectivity index (χ4n) is 1.79. The molecule has 0 aliphatic rings. The van der Waals surface area contributed by atoms with Crippen LogP contribution in [0.1, 0.15) is 13.3 Å². The van der Waals surface area contributed by atoms with E-state index in [1.807, 2.05) is 6.92 Å². The lowest BCUT2D eigenvalue weighted by atomic mass is 10.4. The minimum absolute atomic E-state index is 0.0273. The molecule has 0 aliphatic heterocycles. The summed E-state index contributed by atoms with van der Waals surface area (Å²) in [6, 6.07) is 8.47. The minimum atomic E-state index is -3.27. The molecule has 0 radical (unpaired) electrons. The van der Waals surface area contributed by atoms with Crippen molar-refractivity contribution in [2.24, 2.45) is 4.99 Å². The summed E-state index contributed by atoms with van der Waals surface area (Å²) >= 11 is 0. The molecule has 124 valence electrons. The highest BCUT2D eigenvalue weighted by Gasteiger charge is 2.13. The molecule has 1 aromatic carbocycles. The zero-order valence-electron chi connectivity index (χ0n) is 13.2. The van der Waals surface area contributed by atoms with Crippen LogP contribution in [0.4, 0.5) is 0 Å². The first-order valence-electron chi connectivity index (χ1n) is 7.39. The molecule has 0 unspecified atom stereocenters. The van der Waals surface area contributed by atoms with Crippen LogP contribution in [-0.2, 0) is 14.6 Å². The molecule has 0 amide bonds. The number of hydrogen-bond donors (Lipinski definition) is 2. The third-order valence-corrected chi connectivity index (χ3v) is 4.62. The lowest BCUT2D eigenvalue weighted by molar-refractivity contribution is 0.197. The number of aliphatic imine (C=N–C) groups is 1. The smallest absolute Gasteiger partial charge is 0.191 e. The van der Waals surface area contributed by atoms with Crippen LogP contribution in [0.3, 0.4) is 0 Å². The summed E-state index contributed by atoms with van der Waals surface area (Å²) in [4.78, 5) is 4.71. The average Bonchev–Trinajstić information content (AvgIpc) is 2.52. The lowest BCUT2D eigenvalue weighted by Gasteiger charge is -2.11. The first-order chi connectivity index (χ1) is 10.6. The standard InChI is InChI=1S/C15H25N3O3S/c1-3-16-15(17-10-7-12-21-2)18-11-13-22(19,20)14-8-5-4-6-9-14/h4-6,8-9H,3,7,10-13H2,1-2H3,(H2,16,17,18). The molecule has 0 saturated carbocycles. The van der Waals surface area contributed by atoms with Crippen LogP contribution in [-0.4, -0.2) is 53.5 Å². The monoisotopic (exact) mass is 327 g/mol. The highest BCUT2D eigenvalue weighted by Crippen LogP contribution is 2.09. The minimum Gasteiger partial charge on any atom is -0.385 e. The molecule has 1 aromatic rings. The van der Waals surface area contributed by atoms with Crippen LogP contribution < -0.4 is 10.6 Å². The van der Waals surface area contributed by atoms with E-state index in [1.165, 1.54) is 0 Å². The second kappa shape index (κ2) is 10.2. The molecule has 0 saturated heterocycles. The number of methoxy groups -OCH3 is 1. The van der Waals surface area contributed by atoms with Gasteiger partial charge in [0.25, 0.3) is 0 Å². The Balaban J connectivity index is 2.48. The first-order valence-corrected chi connectivity index (χ1v) is 9.04. The predicted octanol–water partition coefficient (Wildman–Crippen LogP) is 1.05. The van der Waals surface area contributed by atoms with Crippen LogP contribution in [0.5, 0.6) is 0 Å². The molecule has 7 heteroatoms. The number of sulfone groups is 1. The van der Waals surface area contributed by atoms with Gasteiger partial charge in [0, 0.05) is 33.4 Å². The van der Waals surface area contributed by atoms with Crippen molar-refractivity contribution in [2.45, 2.75) is 18.2 Å². The van der Waals surface area contributed by atoms with Crippen LogP contribution in [0.15, 0.2) is 40.2 Å². The van der Waals surface area contributed by atoms with E-state index in [2.05, 4.69) is 15.6 Å². The summed E-state index contributed by atoms with van der Waals surface area (Å²) in [6.45, 7) is 4.29. The molecular formula is C15H25N3O3S. The van der Waals surface area contributed by atoms with E-state index in [4.69, 9.17) is 4.74 Å². The Bertz CT molecular complexity index is 544. The number of nitrogens with zero attached hydrogens (tertiary/aromatic N) is 1. The normalized spacial score (nSPS) is 12.2. The van der Waals surface area contributed by atoms with Gasteiger partial charge in [-0.1, -0.05) is 18.2 Å². The van der Waals surface area contributed by atoms with Gasteiger partial charge in [-0.2, -0.15) is 0 Å². The third-order valence-electron chi connectivity index (χ3n) is 2.89. The van der Waals surface area contributed by atoms with Gasteiger partial charge in [0.05, 0.1) is 10.6 Å². The van der Waals surface area contributed by atoms with Crippen molar-refractivity contribution in [2.75, 3.05) is 39.1 Å². The van der Waals surface area contributed by atoms with Gasteiger partial charge >= 0.3 is 0 Å². The molecule has 0 aliphatic carbocycles. The van der Waals surface area contributed by atoms with Crippen molar-refractivity contribution in [1.29, 1.82) is 0 Å². The number of benzene rings is 1. The fourth-order valence-corrected chi connectivity index (χ4v) is 2.97. The van der Waals surface area contributed by atoms with E-state index in [-0.39, 0.29) is 5.75 Å².